The lowest BCUT2D eigenvalue weighted by molar-refractivity contribution is -0.155. The summed E-state index contributed by atoms with van der Waals surface area (Å²) < 4.78 is 7.46. The van der Waals surface area contributed by atoms with Gasteiger partial charge in [-0.2, -0.15) is 5.10 Å². The molecule has 2 aliphatic carbocycles. The number of rotatable bonds is 8. The van der Waals surface area contributed by atoms with Crippen molar-refractivity contribution < 1.29 is 19.4 Å². The Morgan fingerprint density at radius 3 is 2.59 bits per heavy atom. The van der Waals surface area contributed by atoms with Crippen LogP contribution < -0.4 is 10.1 Å². The minimum atomic E-state index is -0.704. The van der Waals surface area contributed by atoms with Crippen LogP contribution in [0.1, 0.15) is 61.5 Å². The van der Waals surface area contributed by atoms with E-state index in [9.17, 15) is 14.7 Å². The van der Waals surface area contributed by atoms with Gasteiger partial charge in [0.25, 0.3) is 5.91 Å². The molecule has 0 bridgehead atoms. The lowest BCUT2D eigenvalue weighted by Crippen LogP contribution is -2.57. The van der Waals surface area contributed by atoms with Crippen molar-refractivity contribution in [2.24, 2.45) is 11.3 Å². The van der Waals surface area contributed by atoms with Crippen LogP contribution in [0.25, 0.3) is 22.0 Å². The summed E-state index contributed by atoms with van der Waals surface area (Å²) in [5.74, 6) is -0.431. The molecule has 8 nitrogen and oxygen atoms in total. The van der Waals surface area contributed by atoms with E-state index in [-0.39, 0.29) is 29.3 Å². The van der Waals surface area contributed by atoms with E-state index >= 15 is 0 Å². The number of nitrogens with one attached hydrogen (secondary N) is 1. The van der Waals surface area contributed by atoms with Gasteiger partial charge in [0.2, 0.25) is 5.88 Å². The maximum Gasteiger partial charge on any atom is 0.306 e. The van der Waals surface area contributed by atoms with Crippen LogP contribution in [0.5, 0.6) is 5.88 Å². The normalized spacial score (nSPS) is 22.6. The van der Waals surface area contributed by atoms with E-state index in [0.29, 0.717) is 18.1 Å². The predicted molar refractivity (Wildman–Crippen MR) is 148 cm³/mol. The number of amides is 1. The van der Waals surface area contributed by atoms with Crippen molar-refractivity contribution in [1.82, 2.24) is 20.1 Å². The van der Waals surface area contributed by atoms with Gasteiger partial charge in [0.1, 0.15) is 0 Å². The highest BCUT2D eigenvalue weighted by molar-refractivity contribution is 6.05. The number of aliphatic carboxylic acids is 1. The van der Waals surface area contributed by atoms with Crippen molar-refractivity contribution >= 4 is 22.8 Å². The Bertz CT molecular complexity index is 1530. The summed E-state index contributed by atoms with van der Waals surface area (Å²) in [7, 11) is 0. The van der Waals surface area contributed by atoms with Crippen molar-refractivity contribution in [2.45, 2.75) is 51.6 Å². The molecule has 2 aromatic heterocycles. The first-order valence-electron chi connectivity index (χ1n) is 13.5. The number of carbonyl (C=O) groups excluding carboxylic acids is 1. The zero-order valence-electron chi connectivity index (χ0n) is 22.1. The zero-order chi connectivity index (χ0) is 27.1. The molecule has 200 valence electrons. The van der Waals surface area contributed by atoms with Gasteiger partial charge in [0, 0.05) is 23.7 Å². The molecule has 39 heavy (non-hydrogen) atoms. The summed E-state index contributed by atoms with van der Waals surface area (Å²) in [5, 5.41) is 18.0. The highest BCUT2D eigenvalue weighted by atomic mass is 16.5. The van der Waals surface area contributed by atoms with Gasteiger partial charge >= 0.3 is 5.97 Å². The number of benzene rings is 2. The molecule has 6 rings (SSSR count). The van der Waals surface area contributed by atoms with Gasteiger partial charge in [0.05, 0.1) is 35.8 Å². The van der Waals surface area contributed by atoms with Crippen molar-refractivity contribution in [3.63, 3.8) is 0 Å². The number of aromatic nitrogens is 3. The summed E-state index contributed by atoms with van der Waals surface area (Å²) in [4.78, 5) is 28.8. The van der Waals surface area contributed by atoms with Crippen LogP contribution >= 0.6 is 0 Å². The summed E-state index contributed by atoms with van der Waals surface area (Å²) in [6.45, 7) is 4.59. The fraction of sp³-hybridized carbons (Fsp3) is 0.355. The molecule has 2 heterocycles. The number of ether oxygens (including phenoxy) is 1. The Balaban J connectivity index is 1.19. The Labute approximate surface area is 227 Å². The average molecular weight is 525 g/mol. The molecule has 2 aliphatic rings. The van der Waals surface area contributed by atoms with Crippen molar-refractivity contribution in [3.8, 4) is 17.0 Å². The molecule has 2 N–H and O–H groups in total. The molecular weight excluding hydrogens is 492 g/mol. The fourth-order valence-corrected chi connectivity index (χ4v) is 6.34. The van der Waals surface area contributed by atoms with Crippen LogP contribution in [0, 0.1) is 11.3 Å². The second-order valence-corrected chi connectivity index (χ2v) is 11.0. The van der Waals surface area contributed by atoms with Gasteiger partial charge in [0.15, 0.2) is 0 Å². The van der Waals surface area contributed by atoms with E-state index in [0.717, 1.165) is 53.3 Å². The van der Waals surface area contributed by atoms with Gasteiger partial charge in [-0.3, -0.25) is 14.3 Å². The number of pyridine rings is 1. The molecule has 4 aromatic rings. The lowest BCUT2D eigenvalue weighted by Gasteiger charge is -2.56. The molecule has 8 heteroatoms. The molecule has 1 atom stereocenters. The van der Waals surface area contributed by atoms with Crippen LogP contribution in [-0.2, 0) is 4.79 Å². The molecule has 1 spiro atoms. The third kappa shape index (κ3) is 4.64. The molecule has 2 saturated carbocycles. The molecule has 2 aromatic carbocycles. The largest absolute Gasteiger partial charge is 0.481 e. The molecular formula is C31H32N4O4. The molecule has 0 aliphatic heterocycles. The monoisotopic (exact) mass is 524 g/mol. The second kappa shape index (κ2) is 9.84. The second-order valence-electron chi connectivity index (χ2n) is 11.0. The lowest BCUT2D eigenvalue weighted by atomic mass is 9.50. The van der Waals surface area contributed by atoms with E-state index in [4.69, 9.17) is 4.74 Å². The molecule has 2 fully saturated rings. The summed E-state index contributed by atoms with van der Waals surface area (Å²) in [5.41, 5.74) is 4.71. The van der Waals surface area contributed by atoms with Gasteiger partial charge in [-0.25, -0.2) is 4.98 Å². The number of hydrogen-bond donors (Lipinski definition) is 2. The van der Waals surface area contributed by atoms with Crippen LogP contribution in [0.4, 0.5) is 0 Å². The fourth-order valence-electron chi connectivity index (χ4n) is 6.34. The first-order chi connectivity index (χ1) is 18.9. The maximum absolute atomic E-state index is 13.4. The SMILES string of the molecule is CCOc1cc(-c2ccc([C@@H](C)n3ncc4cccc(C(=O)NC5CC6(C5)CC(C(=O)O)C6)c43)cc2)ccn1. The number of carboxylic acid groups (broad SMARTS) is 1. The van der Waals surface area contributed by atoms with Crippen molar-refractivity contribution in [1.29, 1.82) is 0 Å². The summed E-state index contributed by atoms with van der Waals surface area (Å²) >= 11 is 0. The van der Waals surface area contributed by atoms with E-state index in [1.54, 1.807) is 6.20 Å². The highest BCUT2D eigenvalue weighted by Crippen LogP contribution is 2.58. The number of carbonyl (C=O) groups is 2. The Morgan fingerprint density at radius 1 is 1.10 bits per heavy atom. The summed E-state index contributed by atoms with van der Waals surface area (Å²) in [6, 6.07) is 18.0. The van der Waals surface area contributed by atoms with Crippen molar-refractivity contribution in [3.05, 3.63) is 78.1 Å². The van der Waals surface area contributed by atoms with Crippen molar-refractivity contribution in [2.75, 3.05) is 6.61 Å². The predicted octanol–water partition coefficient (Wildman–Crippen LogP) is 5.48. The third-order valence-corrected chi connectivity index (χ3v) is 8.38. The van der Waals surface area contributed by atoms with E-state index < -0.39 is 5.97 Å². The maximum atomic E-state index is 13.4. The van der Waals surface area contributed by atoms with Gasteiger partial charge in [-0.05, 0) is 73.8 Å². The number of carboxylic acids is 1. The first kappa shape index (κ1) is 25.1. The minimum Gasteiger partial charge on any atom is -0.481 e. The number of nitrogens with zero attached hydrogens (tertiary/aromatic N) is 3. The Hall–Kier alpha value is -4.20. The molecule has 0 unspecified atom stereocenters. The van der Waals surface area contributed by atoms with E-state index in [2.05, 4.69) is 46.6 Å². The average Bonchev–Trinajstić information content (AvgIpc) is 3.33. The van der Waals surface area contributed by atoms with Gasteiger partial charge in [-0.15, -0.1) is 0 Å². The number of para-hydroxylation sites is 1. The quantitative estimate of drug-likeness (QED) is 0.316. The Kier molecular flexibility index (Phi) is 6.33. The smallest absolute Gasteiger partial charge is 0.306 e. The molecule has 0 saturated heterocycles. The summed E-state index contributed by atoms with van der Waals surface area (Å²) in [6.07, 6.45) is 6.71. The number of fused-ring (bicyclic) bond motifs is 1. The van der Waals surface area contributed by atoms with Crippen LogP contribution in [0.3, 0.4) is 0 Å². The standard InChI is InChI=1S/C31H32N4O4/c1-3-39-27-13-22(11-12-32-27)21-9-7-20(8-10-21)19(2)35-28-23(18-33-35)5-4-6-26(28)29(36)34-25-16-31(17-25)14-24(15-31)30(37)38/h4-13,18-19,24-25H,3,14-17H2,1-2H3,(H,34,36)(H,37,38)/t19-,24?,25?,31?/m1/s1. The van der Waals surface area contributed by atoms with Crippen LogP contribution in [0.15, 0.2) is 67.0 Å². The third-order valence-electron chi connectivity index (χ3n) is 8.38. The van der Waals surface area contributed by atoms with Gasteiger partial charge in [-0.1, -0.05) is 36.4 Å². The van der Waals surface area contributed by atoms with E-state index in [1.165, 1.54) is 0 Å². The van der Waals surface area contributed by atoms with E-state index in [1.807, 2.05) is 48.1 Å². The van der Waals surface area contributed by atoms with Crippen LogP contribution in [0.2, 0.25) is 0 Å². The molecule has 0 radical (unpaired) electrons. The minimum absolute atomic E-state index is 0.0836. The topological polar surface area (TPSA) is 106 Å². The van der Waals surface area contributed by atoms with Gasteiger partial charge < -0.3 is 15.2 Å². The van der Waals surface area contributed by atoms with Crippen LogP contribution in [-0.4, -0.2) is 44.4 Å². The molecule has 1 amide bonds. The first-order valence-corrected chi connectivity index (χ1v) is 13.5. The number of hydrogen-bond acceptors (Lipinski definition) is 5. The Morgan fingerprint density at radius 2 is 1.87 bits per heavy atom. The highest BCUT2D eigenvalue weighted by Gasteiger charge is 2.55. The zero-order valence-corrected chi connectivity index (χ0v) is 22.1.